The molecule has 1 amide bonds. The summed E-state index contributed by atoms with van der Waals surface area (Å²) in [6.45, 7) is 14.6. The van der Waals surface area contributed by atoms with E-state index in [2.05, 4.69) is 46.0 Å². The number of allylic oxidation sites excluding steroid dienone is 2. The van der Waals surface area contributed by atoms with Crippen molar-refractivity contribution in [2.45, 2.75) is 342 Å². The number of ether oxygens (including phenoxy) is 15. The normalized spacial score (nSPS) is 50.6. The lowest BCUT2D eigenvalue weighted by Crippen LogP contribution is -2.70. The maximum Gasteiger partial charge on any atom is 0.342 e. The van der Waals surface area contributed by atoms with E-state index in [0.717, 1.165) is 5.57 Å². The molecule has 0 radical (unpaired) electrons. The van der Waals surface area contributed by atoms with Crippen LogP contribution in [-0.4, -0.2) is 374 Å². The van der Waals surface area contributed by atoms with Gasteiger partial charge in [0.1, 0.15) is 163 Å². The van der Waals surface area contributed by atoms with Gasteiger partial charge in [-0.1, -0.05) is 72.2 Å². The molecule has 13 rings (SSSR count). The molecule has 11 fully saturated rings. The van der Waals surface area contributed by atoms with Gasteiger partial charge in [0.15, 0.2) is 43.8 Å². The van der Waals surface area contributed by atoms with Crippen molar-refractivity contribution in [3.05, 3.63) is 41.5 Å². The van der Waals surface area contributed by atoms with Gasteiger partial charge in [-0.2, -0.15) is 0 Å². The Kier molecular flexibility index (Phi) is 27.2. The highest BCUT2D eigenvalue weighted by Gasteiger charge is 2.74. The van der Waals surface area contributed by atoms with Crippen molar-refractivity contribution >= 4 is 17.8 Å². The average molecular weight is 1690 g/mol. The molecule has 4 saturated carbocycles. The van der Waals surface area contributed by atoms with Gasteiger partial charge in [0.25, 0.3) is 0 Å². The Balaban J connectivity index is 0.783. The summed E-state index contributed by atoms with van der Waals surface area (Å²) in [6.07, 6.45) is -55.7. The Morgan fingerprint density at radius 1 is 0.500 bits per heavy atom. The highest BCUT2D eigenvalue weighted by molar-refractivity contribution is 5.92. The van der Waals surface area contributed by atoms with E-state index in [0.29, 0.717) is 32.1 Å². The largest absolute Gasteiger partial charge is 0.507 e. The summed E-state index contributed by atoms with van der Waals surface area (Å²) in [5, 5.41) is 226. The molecule has 1 aromatic carbocycles. The third-order valence-corrected chi connectivity index (χ3v) is 28.9. The van der Waals surface area contributed by atoms with Crippen molar-refractivity contribution in [2.75, 3.05) is 33.0 Å². The summed E-state index contributed by atoms with van der Waals surface area (Å²) in [6, 6.07) is 4.33. The molecule has 21 N–H and O–H groups in total. The SMILES string of the molecule is CC(=O)N[C@H]1[C@H](O[C@H]2CC[C@@]3(C)C(CC[C@]4(C)C3CC=C3C5CC(C)(C)[C@@H](OC(=O)c6ccccc6O)C[C@]5(C(=O)O[C@@H]5O[C@H](CO)[C@@H](O)[C@H](O)[C@H]5O[C@@H]5O[C@@H](C)[C@H](O[C@@H]6O[C@@H](CO)[C@H](O)[C@H]6O)[C@@H](O[C@@H]6O[C@H](CO)[C@@H](O)[C@H](O)[C@H]6O)[C@H]5O)C(O)C[C@]34C)C2(C)C)O[C@H](CO[C@@H]2O[C@H](C)[C@H](O)[C@H](O)[C@H]2O[C@@H]2OC[C@@H](O)[C@H](O)[C@H]2O)[C@@H](O)[C@@H]1O. The van der Waals surface area contributed by atoms with Crippen molar-refractivity contribution < 1.29 is 188 Å². The fourth-order valence-corrected chi connectivity index (χ4v) is 21.8. The maximum absolute atomic E-state index is 16.5. The van der Waals surface area contributed by atoms with Crippen LogP contribution in [0.2, 0.25) is 0 Å². The molecular formula is C79H121NO38. The lowest BCUT2D eigenvalue weighted by molar-refractivity contribution is -0.390. The minimum absolute atomic E-state index is 0.0376. The number of carbonyl (C=O) groups excluding carboxylic acids is 3. The van der Waals surface area contributed by atoms with Crippen molar-refractivity contribution in [3.63, 3.8) is 0 Å². The van der Waals surface area contributed by atoms with Crippen LogP contribution in [-0.2, 0) is 80.6 Å². The molecule has 7 aliphatic heterocycles. The topological polar surface area (TPSA) is 606 Å². The number of benzene rings is 1. The summed E-state index contributed by atoms with van der Waals surface area (Å²) in [4.78, 5) is 43.8. The Morgan fingerprint density at radius 3 is 1.69 bits per heavy atom. The number of nitrogens with one attached hydrogen (secondary N) is 1. The number of para-hydroxylation sites is 1. The van der Waals surface area contributed by atoms with Crippen LogP contribution in [0.1, 0.15) is 131 Å². The molecule has 43 atom stereocenters. The number of fused-ring (bicyclic) bond motifs is 7. The predicted octanol–water partition coefficient (Wildman–Crippen LogP) is -5.57. The molecule has 39 nitrogen and oxygen atoms in total. The summed E-state index contributed by atoms with van der Waals surface area (Å²) in [5.41, 5.74) is -5.43. The molecule has 0 bridgehead atoms. The minimum Gasteiger partial charge on any atom is -0.507 e. The van der Waals surface area contributed by atoms with Crippen LogP contribution in [0.25, 0.3) is 0 Å². The minimum atomic E-state index is -2.23. The van der Waals surface area contributed by atoms with Crippen molar-refractivity contribution in [1.82, 2.24) is 5.32 Å². The number of carbonyl (C=O) groups is 3. The van der Waals surface area contributed by atoms with Crippen molar-refractivity contribution in [3.8, 4) is 5.75 Å². The van der Waals surface area contributed by atoms with Gasteiger partial charge in [0.05, 0.1) is 57.5 Å². The van der Waals surface area contributed by atoms with Crippen LogP contribution < -0.4 is 5.32 Å². The quantitative estimate of drug-likeness (QED) is 0.0310. The molecule has 4 unspecified atom stereocenters. The number of phenols is 1. The van der Waals surface area contributed by atoms with Gasteiger partial charge < -0.3 is 179 Å². The summed E-state index contributed by atoms with van der Waals surface area (Å²) >= 11 is 0. The number of hydrogen-bond acceptors (Lipinski definition) is 38. The zero-order chi connectivity index (χ0) is 86.0. The Hall–Kier alpha value is -4.11. The second-order valence-electron chi connectivity index (χ2n) is 36.5. The molecule has 0 aromatic heterocycles. The lowest BCUT2D eigenvalue weighted by Gasteiger charge is -2.72. The summed E-state index contributed by atoms with van der Waals surface area (Å²) in [5.74, 6) is -4.36. The molecule has 39 heteroatoms. The first-order valence-electron chi connectivity index (χ1n) is 40.8. The molecule has 0 spiro atoms. The molecule has 7 heterocycles. The highest BCUT2D eigenvalue weighted by atomic mass is 16.8. The highest BCUT2D eigenvalue weighted by Crippen LogP contribution is 2.76. The number of aromatic hydroxyl groups is 1. The van der Waals surface area contributed by atoms with Gasteiger partial charge in [-0.05, 0) is 110 Å². The molecule has 1 aromatic rings. The summed E-state index contributed by atoms with van der Waals surface area (Å²) < 4.78 is 91.9. The fourth-order valence-electron chi connectivity index (χ4n) is 21.8. The predicted molar refractivity (Wildman–Crippen MR) is 392 cm³/mol. The number of esters is 2. The van der Waals surface area contributed by atoms with Gasteiger partial charge in [-0.15, -0.1) is 0 Å². The van der Waals surface area contributed by atoms with E-state index in [4.69, 9.17) is 71.1 Å². The number of amides is 1. The number of aliphatic hydroxyl groups excluding tert-OH is 19. The second-order valence-corrected chi connectivity index (χ2v) is 36.5. The second kappa shape index (κ2) is 35.0. The molecule has 670 valence electrons. The van der Waals surface area contributed by atoms with Gasteiger partial charge in [-0.3, -0.25) is 9.59 Å². The standard InChI is InChI=1S/C79H121NO38/c1-29-47(88)55(96)63(116-67-57(98)48(89)36(86)27-104-67)71(106-29)105-28-40-52(93)53(94)46(80-31(3)84)66(111-40)113-44-18-19-76(8)41(75(44,6)7)17-20-77(9)42(76)16-15-33-34-21-74(4,5)45(112-65(102)32-13-11-12-14-35(32)85)23-79(34,43(87)22-78(33,77)10)73(103)118-72-64(56(97)50(91)38(25-82)110-72)117-70-60(101)62(115-69-59(100)54(95)49(90)37(24-81)108-69)61(30(2)107-70)114-68-58(99)51(92)39(26-83)109-68/h11-15,29-30,34,36-64,66-72,81-83,85-101H,16-28H2,1-10H3,(H,80,84)/t29-,30+,34?,36-,37-,38-,39+,40-,41?,42?,43?,44+,45+,46-,47+,48+,49-,50-,51+,52-,53-,54+,55+,56+,57-,58-,59-,60-,61+,62+,63-,64-,66+,67+,68+,69+,70+,71-,72+,76+,77-,78-,79-/m1/s1. The Morgan fingerprint density at radius 2 is 1.04 bits per heavy atom. The van der Waals surface area contributed by atoms with Crippen LogP contribution in [0, 0.1) is 50.2 Å². The maximum atomic E-state index is 16.5. The van der Waals surface area contributed by atoms with E-state index in [9.17, 15) is 112 Å². The third kappa shape index (κ3) is 16.1. The molecular weight excluding hydrogens is 1570 g/mol. The van der Waals surface area contributed by atoms with Gasteiger partial charge in [-0.25, -0.2) is 4.79 Å². The van der Waals surface area contributed by atoms with E-state index in [1.54, 1.807) is 0 Å². The Labute approximate surface area is 680 Å². The first-order chi connectivity index (χ1) is 55.4. The summed E-state index contributed by atoms with van der Waals surface area (Å²) in [7, 11) is 0. The van der Waals surface area contributed by atoms with Crippen LogP contribution in [0.15, 0.2) is 35.9 Å². The fraction of sp³-hybridized carbons (Fsp3) is 0.861. The number of rotatable bonds is 21. The van der Waals surface area contributed by atoms with Crippen molar-refractivity contribution in [1.29, 1.82) is 0 Å². The molecule has 118 heavy (non-hydrogen) atoms. The van der Waals surface area contributed by atoms with Gasteiger partial charge >= 0.3 is 11.9 Å². The van der Waals surface area contributed by atoms with E-state index in [1.807, 2.05) is 13.8 Å². The van der Waals surface area contributed by atoms with Crippen LogP contribution in [0.5, 0.6) is 5.75 Å². The zero-order valence-electron chi connectivity index (χ0n) is 67.4. The van der Waals surface area contributed by atoms with Crippen LogP contribution >= 0.6 is 0 Å². The third-order valence-electron chi connectivity index (χ3n) is 28.9. The first kappa shape index (κ1) is 91.6. The van der Waals surface area contributed by atoms with Crippen LogP contribution in [0.4, 0.5) is 0 Å². The Bertz CT molecular complexity index is 3670. The van der Waals surface area contributed by atoms with Gasteiger partial charge in [0, 0.05) is 18.8 Å². The van der Waals surface area contributed by atoms with E-state index < -0.39 is 322 Å². The van der Waals surface area contributed by atoms with E-state index in [-0.39, 0.29) is 30.2 Å². The monoisotopic (exact) mass is 1690 g/mol. The van der Waals surface area contributed by atoms with Gasteiger partial charge in [0.2, 0.25) is 12.2 Å². The van der Waals surface area contributed by atoms with Crippen LogP contribution in [0.3, 0.4) is 0 Å². The number of phenolic OH excluding ortho intramolecular Hbond substituents is 1. The van der Waals surface area contributed by atoms with E-state index in [1.165, 1.54) is 45.0 Å². The average Bonchev–Trinajstić information content (AvgIpc) is 0.727. The molecule has 12 aliphatic rings. The molecule has 7 saturated heterocycles. The number of aliphatic hydroxyl groups is 19. The smallest absolute Gasteiger partial charge is 0.342 e. The van der Waals surface area contributed by atoms with Crippen molar-refractivity contribution in [2.24, 2.45) is 50.2 Å². The first-order valence-corrected chi connectivity index (χ1v) is 40.8. The lowest BCUT2D eigenvalue weighted by atomic mass is 9.33. The zero-order valence-corrected chi connectivity index (χ0v) is 67.4. The number of hydrogen-bond donors (Lipinski definition) is 21. The molecule has 5 aliphatic carbocycles. The van der Waals surface area contributed by atoms with E-state index >= 15 is 4.79 Å².